The van der Waals surface area contributed by atoms with Gasteiger partial charge >= 0.3 is 0 Å². The third-order valence-corrected chi connectivity index (χ3v) is 8.49. The number of aromatic nitrogens is 3. The van der Waals surface area contributed by atoms with Gasteiger partial charge in [0, 0.05) is 25.0 Å². The van der Waals surface area contributed by atoms with E-state index in [1.165, 1.54) is 30.4 Å². The van der Waals surface area contributed by atoms with Gasteiger partial charge < -0.3 is 4.57 Å². The van der Waals surface area contributed by atoms with E-state index in [1.54, 1.807) is 4.31 Å². The van der Waals surface area contributed by atoms with E-state index in [9.17, 15) is 8.42 Å². The molecule has 2 heterocycles. The second-order valence-corrected chi connectivity index (χ2v) is 10.4. The van der Waals surface area contributed by atoms with E-state index < -0.39 is 10.0 Å². The average Bonchev–Trinajstić information content (AvgIpc) is 3.25. The van der Waals surface area contributed by atoms with Crippen LogP contribution in [-0.2, 0) is 29.3 Å². The van der Waals surface area contributed by atoms with E-state index in [0.717, 1.165) is 50.8 Å². The monoisotopic (exact) mass is 400 g/mol. The highest BCUT2D eigenvalue weighted by Gasteiger charge is 2.36. The van der Waals surface area contributed by atoms with Gasteiger partial charge in [0.05, 0.1) is 4.90 Å². The molecule has 1 saturated heterocycles. The molecule has 7 heteroatoms. The molecule has 6 nitrogen and oxygen atoms in total. The van der Waals surface area contributed by atoms with Gasteiger partial charge in [-0.15, -0.1) is 10.2 Å². The second-order valence-electron chi connectivity index (χ2n) is 8.47. The van der Waals surface area contributed by atoms with Gasteiger partial charge in [-0.1, -0.05) is 6.07 Å². The van der Waals surface area contributed by atoms with Crippen LogP contribution < -0.4 is 0 Å². The van der Waals surface area contributed by atoms with Gasteiger partial charge in [-0.05, 0) is 81.0 Å². The lowest BCUT2D eigenvalue weighted by atomic mass is 9.92. The number of benzene rings is 1. The molecule has 2 fully saturated rings. The number of hydrogen-bond donors (Lipinski definition) is 0. The van der Waals surface area contributed by atoms with Gasteiger partial charge in [-0.3, -0.25) is 0 Å². The van der Waals surface area contributed by atoms with E-state index in [0.29, 0.717) is 17.5 Å². The highest BCUT2D eigenvalue weighted by Crippen LogP contribution is 2.36. The summed E-state index contributed by atoms with van der Waals surface area (Å²) < 4.78 is 30.7. The Labute approximate surface area is 167 Å². The molecule has 1 saturated carbocycles. The Kier molecular flexibility index (Phi) is 4.75. The molecule has 1 aromatic heterocycles. The quantitative estimate of drug-likeness (QED) is 0.746. The van der Waals surface area contributed by atoms with Gasteiger partial charge in [0.15, 0.2) is 0 Å². The third-order valence-electron chi connectivity index (χ3n) is 6.54. The smallest absolute Gasteiger partial charge is 0.243 e. The van der Waals surface area contributed by atoms with Crippen molar-refractivity contribution in [3.05, 3.63) is 41.5 Å². The molecular formula is C21H28N4O2S. The van der Waals surface area contributed by atoms with Gasteiger partial charge in [0.2, 0.25) is 10.0 Å². The Balaban J connectivity index is 1.33. The fourth-order valence-electron chi connectivity index (χ4n) is 4.82. The van der Waals surface area contributed by atoms with Crippen molar-refractivity contribution in [3.63, 3.8) is 0 Å². The summed E-state index contributed by atoms with van der Waals surface area (Å²) in [6, 6.07) is 6.40. The van der Waals surface area contributed by atoms with Crippen LogP contribution >= 0.6 is 0 Å². The maximum absolute atomic E-state index is 13.4. The van der Waals surface area contributed by atoms with Gasteiger partial charge in [0.1, 0.15) is 12.2 Å². The second kappa shape index (κ2) is 7.26. The summed E-state index contributed by atoms with van der Waals surface area (Å²) in [6.45, 7) is 0.624. The summed E-state index contributed by atoms with van der Waals surface area (Å²) in [5, 5.41) is 8.34. The maximum Gasteiger partial charge on any atom is 0.243 e. The molecule has 1 unspecified atom stereocenters. The van der Waals surface area contributed by atoms with Crippen LogP contribution in [0.15, 0.2) is 29.4 Å². The molecule has 1 aromatic carbocycles. The summed E-state index contributed by atoms with van der Waals surface area (Å²) in [5.74, 6) is 1.00. The molecule has 28 heavy (non-hydrogen) atoms. The first kappa shape index (κ1) is 18.3. The number of fused-ring (bicyclic) bond motifs is 1. The highest BCUT2D eigenvalue weighted by atomic mass is 32.2. The molecule has 3 aliphatic rings. The summed E-state index contributed by atoms with van der Waals surface area (Å²) >= 11 is 0. The van der Waals surface area contributed by atoms with Crippen molar-refractivity contribution in [2.45, 2.75) is 81.2 Å². The number of aryl methyl sites for hydroxylation is 3. The number of sulfonamides is 1. The van der Waals surface area contributed by atoms with Crippen molar-refractivity contribution < 1.29 is 8.42 Å². The standard InChI is InChI=1S/C21H28N4O2S/c26-28(27,20-11-7-16-4-1-2-5-17(16)14-20)25-13-3-6-19(25)10-12-21-23-22-15-24(21)18-8-9-18/h7,11,14-15,18-19H,1-6,8-10,12-13H2. The summed E-state index contributed by atoms with van der Waals surface area (Å²) in [6.07, 6.45) is 12.1. The largest absolute Gasteiger partial charge is 0.314 e. The first-order valence-electron chi connectivity index (χ1n) is 10.6. The minimum Gasteiger partial charge on any atom is -0.314 e. The molecule has 1 atom stereocenters. The first-order valence-corrected chi connectivity index (χ1v) is 12.1. The highest BCUT2D eigenvalue weighted by molar-refractivity contribution is 7.89. The molecular weight excluding hydrogens is 372 g/mol. The Hall–Kier alpha value is -1.73. The summed E-state index contributed by atoms with van der Waals surface area (Å²) in [7, 11) is -3.44. The van der Waals surface area contributed by atoms with Crippen LogP contribution in [0.25, 0.3) is 0 Å². The molecule has 1 aliphatic heterocycles. The van der Waals surface area contributed by atoms with E-state index in [-0.39, 0.29) is 6.04 Å². The SMILES string of the molecule is O=S(=O)(c1ccc2c(c1)CCCC2)N1CCCC1CCc1nncn1C1CC1. The van der Waals surface area contributed by atoms with Gasteiger partial charge in [-0.2, -0.15) is 4.31 Å². The van der Waals surface area contributed by atoms with Crippen molar-refractivity contribution in [1.29, 1.82) is 0 Å². The average molecular weight is 401 g/mol. The Morgan fingerprint density at radius 2 is 1.86 bits per heavy atom. The molecule has 0 bridgehead atoms. The van der Waals surface area contributed by atoms with Gasteiger partial charge in [0.25, 0.3) is 0 Å². The summed E-state index contributed by atoms with van der Waals surface area (Å²) in [5.41, 5.74) is 2.54. The topological polar surface area (TPSA) is 68.1 Å². The van der Waals surface area contributed by atoms with Crippen LogP contribution in [0.2, 0.25) is 0 Å². The zero-order valence-electron chi connectivity index (χ0n) is 16.3. The van der Waals surface area contributed by atoms with Crippen molar-refractivity contribution in [3.8, 4) is 0 Å². The minimum atomic E-state index is -3.44. The zero-order chi connectivity index (χ0) is 19.1. The van der Waals surface area contributed by atoms with Crippen LogP contribution in [0, 0.1) is 0 Å². The molecule has 0 amide bonds. The normalized spacial score (nSPS) is 23.1. The van der Waals surface area contributed by atoms with E-state index in [1.807, 2.05) is 24.5 Å². The summed E-state index contributed by atoms with van der Waals surface area (Å²) in [4.78, 5) is 0.473. The predicted octanol–water partition coefficient (Wildman–Crippen LogP) is 3.28. The lowest BCUT2D eigenvalue weighted by Crippen LogP contribution is -2.36. The molecule has 0 radical (unpaired) electrons. The van der Waals surface area contributed by atoms with Crippen molar-refractivity contribution in [1.82, 2.24) is 19.1 Å². The van der Waals surface area contributed by atoms with Crippen molar-refractivity contribution in [2.24, 2.45) is 0 Å². The number of nitrogens with zero attached hydrogens (tertiary/aromatic N) is 4. The van der Waals surface area contributed by atoms with Gasteiger partial charge in [-0.25, -0.2) is 8.42 Å². The van der Waals surface area contributed by atoms with Crippen LogP contribution in [-0.4, -0.2) is 40.1 Å². The Morgan fingerprint density at radius 1 is 1.04 bits per heavy atom. The van der Waals surface area contributed by atoms with E-state index in [2.05, 4.69) is 14.8 Å². The maximum atomic E-state index is 13.4. The Bertz CT molecular complexity index is 965. The van der Waals surface area contributed by atoms with Crippen LogP contribution in [0.3, 0.4) is 0 Å². The molecule has 2 aliphatic carbocycles. The lowest BCUT2D eigenvalue weighted by Gasteiger charge is -2.25. The predicted molar refractivity (Wildman–Crippen MR) is 107 cm³/mol. The molecule has 2 aromatic rings. The van der Waals surface area contributed by atoms with Crippen LogP contribution in [0.4, 0.5) is 0 Å². The fraction of sp³-hybridized carbons (Fsp3) is 0.619. The van der Waals surface area contributed by atoms with Crippen LogP contribution in [0.5, 0.6) is 0 Å². The van der Waals surface area contributed by atoms with Crippen molar-refractivity contribution in [2.75, 3.05) is 6.54 Å². The molecule has 150 valence electrons. The van der Waals surface area contributed by atoms with E-state index >= 15 is 0 Å². The number of rotatable bonds is 6. The molecule has 0 N–H and O–H groups in total. The third kappa shape index (κ3) is 3.39. The van der Waals surface area contributed by atoms with Crippen molar-refractivity contribution >= 4 is 10.0 Å². The molecule has 0 spiro atoms. The fourth-order valence-corrected chi connectivity index (χ4v) is 6.59. The first-order chi connectivity index (χ1) is 13.6. The minimum absolute atomic E-state index is 0.0605. The zero-order valence-corrected chi connectivity index (χ0v) is 17.1. The van der Waals surface area contributed by atoms with Crippen LogP contribution in [0.1, 0.15) is 67.9 Å². The van der Waals surface area contributed by atoms with E-state index in [4.69, 9.17) is 0 Å². The Morgan fingerprint density at radius 3 is 2.68 bits per heavy atom. The number of hydrogen-bond acceptors (Lipinski definition) is 4. The molecule has 5 rings (SSSR count). The lowest BCUT2D eigenvalue weighted by molar-refractivity contribution is 0.367.